The Morgan fingerprint density at radius 3 is 2.94 bits per heavy atom. The van der Waals surface area contributed by atoms with Crippen LogP contribution >= 0.6 is 0 Å². The van der Waals surface area contributed by atoms with Gasteiger partial charge in [-0.05, 0) is 12.1 Å². The van der Waals surface area contributed by atoms with E-state index in [-0.39, 0.29) is 18.2 Å². The number of halogens is 1. The molecule has 1 atom stereocenters. The fourth-order valence-electron chi connectivity index (χ4n) is 2.14. The van der Waals surface area contributed by atoms with Gasteiger partial charge in [-0.1, -0.05) is 17.3 Å². The van der Waals surface area contributed by atoms with Crippen LogP contribution in [0.4, 0.5) is 10.1 Å². The minimum atomic E-state index is -0.403. The number of aromatic nitrogens is 2. The molecule has 18 heavy (non-hydrogen) atoms. The summed E-state index contributed by atoms with van der Waals surface area (Å²) >= 11 is 0. The second kappa shape index (κ2) is 4.21. The lowest BCUT2D eigenvalue weighted by atomic mass is 10.1. The van der Waals surface area contributed by atoms with Gasteiger partial charge < -0.3 is 9.42 Å². The van der Waals surface area contributed by atoms with Crippen molar-refractivity contribution in [1.29, 1.82) is 0 Å². The van der Waals surface area contributed by atoms with Gasteiger partial charge in [0.05, 0.1) is 5.69 Å². The van der Waals surface area contributed by atoms with Crippen LogP contribution in [0.2, 0.25) is 0 Å². The number of carbonyl (C=O) groups is 1. The van der Waals surface area contributed by atoms with Crippen molar-refractivity contribution < 1.29 is 13.7 Å². The highest BCUT2D eigenvalue weighted by Gasteiger charge is 2.34. The molecule has 0 saturated carbocycles. The van der Waals surface area contributed by atoms with Gasteiger partial charge in [-0.15, -0.1) is 0 Å². The zero-order valence-corrected chi connectivity index (χ0v) is 9.41. The number of nitrogens with zero attached hydrogens (tertiary/aromatic N) is 3. The molecule has 1 unspecified atom stereocenters. The van der Waals surface area contributed by atoms with Gasteiger partial charge in [-0.3, -0.25) is 4.79 Å². The molecule has 92 valence electrons. The highest BCUT2D eigenvalue weighted by molar-refractivity contribution is 5.96. The first-order valence-corrected chi connectivity index (χ1v) is 5.57. The van der Waals surface area contributed by atoms with Crippen LogP contribution in [-0.2, 0) is 4.79 Å². The van der Waals surface area contributed by atoms with Gasteiger partial charge in [-0.25, -0.2) is 4.39 Å². The van der Waals surface area contributed by atoms with Gasteiger partial charge in [0.1, 0.15) is 5.82 Å². The van der Waals surface area contributed by atoms with E-state index in [1.807, 2.05) is 0 Å². The van der Waals surface area contributed by atoms with Crippen molar-refractivity contribution >= 4 is 11.6 Å². The predicted molar refractivity (Wildman–Crippen MR) is 60.4 cm³/mol. The summed E-state index contributed by atoms with van der Waals surface area (Å²) in [4.78, 5) is 17.3. The van der Waals surface area contributed by atoms with Gasteiger partial charge in [0.25, 0.3) is 0 Å². The molecule has 0 spiro atoms. The third kappa shape index (κ3) is 1.75. The maximum absolute atomic E-state index is 13.6. The van der Waals surface area contributed by atoms with Crippen LogP contribution in [0.1, 0.15) is 18.2 Å². The molecular weight excluding hydrogens is 237 g/mol. The zero-order chi connectivity index (χ0) is 12.5. The van der Waals surface area contributed by atoms with Crippen LogP contribution in [-0.4, -0.2) is 22.6 Å². The maximum Gasteiger partial charge on any atom is 0.227 e. The molecule has 1 aromatic heterocycles. The summed E-state index contributed by atoms with van der Waals surface area (Å²) in [5, 5.41) is 3.72. The number of hydrogen-bond donors (Lipinski definition) is 0. The third-order valence-electron chi connectivity index (χ3n) is 3.01. The first kappa shape index (κ1) is 10.9. The first-order valence-electron chi connectivity index (χ1n) is 5.57. The van der Waals surface area contributed by atoms with Crippen molar-refractivity contribution in [2.45, 2.75) is 12.3 Å². The van der Waals surface area contributed by atoms with Crippen molar-refractivity contribution in [3.8, 4) is 0 Å². The van der Waals surface area contributed by atoms with Crippen molar-refractivity contribution in [2.24, 2.45) is 0 Å². The molecule has 2 heterocycles. The molecule has 1 fully saturated rings. The minimum absolute atomic E-state index is 0.130. The molecule has 1 aliphatic heterocycles. The molecule has 0 bridgehead atoms. The number of amides is 1. The van der Waals surface area contributed by atoms with Crippen LogP contribution < -0.4 is 4.90 Å². The molecular formula is C12H10FN3O2. The summed E-state index contributed by atoms with van der Waals surface area (Å²) in [5.74, 6) is -0.187. The Hall–Kier alpha value is -2.24. The monoisotopic (exact) mass is 247 g/mol. The van der Waals surface area contributed by atoms with E-state index in [0.29, 0.717) is 18.1 Å². The number of para-hydroxylation sites is 1. The van der Waals surface area contributed by atoms with Gasteiger partial charge >= 0.3 is 0 Å². The maximum atomic E-state index is 13.6. The van der Waals surface area contributed by atoms with Crippen molar-refractivity contribution in [2.75, 3.05) is 11.4 Å². The molecule has 0 radical (unpaired) electrons. The van der Waals surface area contributed by atoms with E-state index in [0.717, 1.165) is 0 Å². The summed E-state index contributed by atoms with van der Waals surface area (Å²) in [5.41, 5.74) is 0.300. The molecule has 1 aromatic carbocycles. The fourth-order valence-corrected chi connectivity index (χ4v) is 2.14. The number of carbonyl (C=O) groups excluding carboxylic acids is 1. The molecule has 1 saturated heterocycles. The van der Waals surface area contributed by atoms with Crippen LogP contribution in [0.25, 0.3) is 0 Å². The summed E-state index contributed by atoms with van der Waals surface area (Å²) in [6.07, 6.45) is 1.50. The third-order valence-corrected chi connectivity index (χ3v) is 3.01. The van der Waals surface area contributed by atoms with E-state index < -0.39 is 5.82 Å². The van der Waals surface area contributed by atoms with E-state index in [1.54, 1.807) is 18.2 Å². The molecule has 1 aliphatic rings. The number of rotatable bonds is 2. The highest BCUT2D eigenvalue weighted by atomic mass is 19.1. The van der Waals surface area contributed by atoms with Gasteiger partial charge in [0.15, 0.2) is 5.82 Å². The van der Waals surface area contributed by atoms with E-state index in [9.17, 15) is 9.18 Å². The van der Waals surface area contributed by atoms with Crippen LogP contribution in [0.15, 0.2) is 35.2 Å². The zero-order valence-electron chi connectivity index (χ0n) is 9.41. The van der Waals surface area contributed by atoms with Crippen LogP contribution in [0.3, 0.4) is 0 Å². The Kier molecular flexibility index (Phi) is 2.55. The number of anilines is 1. The second-order valence-electron chi connectivity index (χ2n) is 4.15. The Balaban J connectivity index is 1.88. The van der Waals surface area contributed by atoms with E-state index in [1.165, 1.54) is 17.4 Å². The molecule has 5 nitrogen and oxygen atoms in total. The predicted octanol–water partition coefficient (Wildman–Crippen LogP) is 1.73. The van der Waals surface area contributed by atoms with Gasteiger partial charge in [0, 0.05) is 18.9 Å². The first-order chi connectivity index (χ1) is 8.75. The quantitative estimate of drug-likeness (QED) is 0.810. The van der Waals surface area contributed by atoms with E-state index in [4.69, 9.17) is 0 Å². The summed E-state index contributed by atoms with van der Waals surface area (Å²) in [6.45, 7) is 0.374. The lowest BCUT2D eigenvalue weighted by molar-refractivity contribution is -0.117. The van der Waals surface area contributed by atoms with Crippen molar-refractivity contribution in [3.05, 3.63) is 42.3 Å². The second-order valence-corrected chi connectivity index (χ2v) is 4.15. The lowest BCUT2D eigenvalue weighted by Gasteiger charge is -2.16. The Morgan fingerprint density at radius 1 is 1.39 bits per heavy atom. The Labute approximate surface area is 102 Å². The molecule has 0 N–H and O–H groups in total. The van der Waals surface area contributed by atoms with Gasteiger partial charge in [0.2, 0.25) is 12.3 Å². The van der Waals surface area contributed by atoms with E-state index in [2.05, 4.69) is 14.7 Å². The van der Waals surface area contributed by atoms with Crippen molar-refractivity contribution in [3.63, 3.8) is 0 Å². The smallest absolute Gasteiger partial charge is 0.227 e. The van der Waals surface area contributed by atoms with E-state index >= 15 is 0 Å². The molecule has 3 rings (SSSR count). The SMILES string of the molecule is O=C1CC(c2ncon2)CN1c1ccccc1F. The lowest BCUT2D eigenvalue weighted by Crippen LogP contribution is -2.25. The summed E-state index contributed by atoms with van der Waals surface area (Å²) < 4.78 is 18.3. The van der Waals surface area contributed by atoms with Crippen molar-refractivity contribution in [1.82, 2.24) is 10.1 Å². The molecule has 2 aromatic rings. The Bertz CT molecular complexity index is 570. The average molecular weight is 247 g/mol. The summed E-state index contributed by atoms with van der Waals surface area (Å²) in [6, 6.07) is 6.22. The number of hydrogen-bond acceptors (Lipinski definition) is 4. The van der Waals surface area contributed by atoms with Gasteiger partial charge in [-0.2, -0.15) is 4.98 Å². The van der Waals surface area contributed by atoms with Crippen LogP contribution in [0.5, 0.6) is 0 Å². The normalized spacial score (nSPS) is 19.5. The standard InChI is InChI=1S/C12H10FN3O2/c13-9-3-1-2-4-10(9)16-6-8(5-11(16)17)12-14-7-18-15-12/h1-4,7-8H,5-6H2. The summed E-state index contributed by atoms with van der Waals surface area (Å²) in [7, 11) is 0. The Morgan fingerprint density at radius 2 is 2.22 bits per heavy atom. The fraction of sp³-hybridized carbons (Fsp3) is 0.250. The van der Waals surface area contributed by atoms with Crippen LogP contribution in [0, 0.1) is 5.82 Å². The average Bonchev–Trinajstić information content (AvgIpc) is 2.99. The topological polar surface area (TPSA) is 59.2 Å². The number of benzene rings is 1. The minimum Gasteiger partial charge on any atom is -0.343 e. The molecule has 6 heteroatoms. The molecule has 0 aliphatic carbocycles. The highest BCUT2D eigenvalue weighted by Crippen LogP contribution is 2.31. The largest absolute Gasteiger partial charge is 0.343 e. The molecule has 1 amide bonds.